The van der Waals surface area contributed by atoms with Crippen LogP contribution in [-0.2, 0) is 6.54 Å². The number of aromatic nitrogens is 2. The van der Waals surface area contributed by atoms with Crippen molar-refractivity contribution in [1.82, 2.24) is 9.97 Å². The van der Waals surface area contributed by atoms with Crippen molar-refractivity contribution in [2.45, 2.75) is 39.2 Å². The third kappa shape index (κ3) is 3.79. The third-order valence-electron chi connectivity index (χ3n) is 5.14. The summed E-state index contributed by atoms with van der Waals surface area (Å²) in [6, 6.07) is 14.7. The standard InChI is InChI=1S/C22H26N4/c1-17-14-21(25-20-9-5-4-8-19(17)20)23-15-18-10-11-22(24-16-18)26-12-6-2-3-7-13-26/h4-5,8-11,14,16H,2-3,6-7,12-13,15H2,1H3,(H,23,25). The summed E-state index contributed by atoms with van der Waals surface area (Å²) < 4.78 is 0. The Morgan fingerprint density at radius 2 is 1.81 bits per heavy atom. The highest BCUT2D eigenvalue weighted by atomic mass is 15.2. The molecule has 0 saturated carbocycles. The van der Waals surface area contributed by atoms with E-state index in [0.717, 1.165) is 36.8 Å². The first-order chi connectivity index (χ1) is 12.8. The first-order valence-electron chi connectivity index (χ1n) is 9.60. The fourth-order valence-electron chi connectivity index (χ4n) is 3.64. The number of hydrogen-bond donors (Lipinski definition) is 1. The van der Waals surface area contributed by atoms with E-state index in [1.54, 1.807) is 0 Å². The topological polar surface area (TPSA) is 41.0 Å². The number of benzene rings is 1. The van der Waals surface area contributed by atoms with Gasteiger partial charge in [0.25, 0.3) is 0 Å². The smallest absolute Gasteiger partial charge is 0.128 e. The minimum absolute atomic E-state index is 0.734. The largest absolute Gasteiger partial charge is 0.366 e. The second-order valence-electron chi connectivity index (χ2n) is 7.12. The van der Waals surface area contributed by atoms with Crippen LogP contribution in [0.3, 0.4) is 0 Å². The predicted octanol–water partition coefficient (Wildman–Crippen LogP) is 4.93. The summed E-state index contributed by atoms with van der Waals surface area (Å²) in [5, 5.41) is 4.65. The second kappa shape index (κ2) is 7.73. The molecule has 0 atom stereocenters. The molecule has 4 nitrogen and oxygen atoms in total. The Kier molecular flexibility index (Phi) is 5.00. The van der Waals surface area contributed by atoms with Crippen LogP contribution in [0.2, 0.25) is 0 Å². The number of anilines is 2. The summed E-state index contributed by atoms with van der Waals surface area (Å²) >= 11 is 0. The van der Waals surface area contributed by atoms with Gasteiger partial charge < -0.3 is 10.2 Å². The predicted molar refractivity (Wildman–Crippen MR) is 109 cm³/mol. The first kappa shape index (κ1) is 16.8. The molecule has 3 aromatic rings. The normalized spacial score (nSPS) is 15.0. The highest BCUT2D eigenvalue weighted by Crippen LogP contribution is 2.21. The molecule has 3 heterocycles. The van der Waals surface area contributed by atoms with Crippen molar-refractivity contribution in [3.05, 3.63) is 59.8 Å². The molecule has 1 aromatic carbocycles. The zero-order valence-corrected chi connectivity index (χ0v) is 15.4. The zero-order valence-electron chi connectivity index (χ0n) is 15.4. The number of hydrogen-bond acceptors (Lipinski definition) is 4. The van der Waals surface area contributed by atoms with Crippen LogP contribution in [0.25, 0.3) is 10.9 Å². The molecule has 0 bridgehead atoms. The van der Waals surface area contributed by atoms with Gasteiger partial charge in [0, 0.05) is 31.2 Å². The van der Waals surface area contributed by atoms with Gasteiger partial charge in [0.15, 0.2) is 0 Å². The van der Waals surface area contributed by atoms with E-state index < -0.39 is 0 Å². The van der Waals surface area contributed by atoms with Gasteiger partial charge in [-0.1, -0.05) is 37.1 Å². The fourth-order valence-corrected chi connectivity index (χ4v) is 3.64. The summed E-state index contributed by atoms with van der Waals surface area (Å²) in [6.07, 6.45) is 7.23. The van der Waals surface area contributed by atoms with Crippen LogP contribution >= 0.6 is 0 Å². The van der Waals surface area contributed by atoms with Crippen molar-refractivity contribution in [2.75, 3.05) is 23.3 Å². The van der Waals surface area contributed by atoms with Crippen molar-refractivity contribution in [1.29, 1.82) is 0 Å². The quantitative estimate of drug-likeness (QED) is 0.727. The van der Waals surface area contributed by atoms with Crippen molar-refractivity contribution in [2.24, 2.45) is 0 Å². The maximum Gasteiger partial charge on any atom is 0.128 e. The van der Waals surface area contributed by atoms with E-state index in [-0.39, 0.29) is 0 Å². The summed E-state index contributed by atoms with van der Waals surface area (Å²) in [5.41, 5.74) is 3.45. The fraction of sp³-hybridized carbons (Fsp3) is 0.364. The summed E-state index contributed by atoms with van der Waals surface area (Å²) in [5.74, 6) is 2.02. The minimum atomic E-state index is 0.734. The Morgan fingerprint density at radius 1 is 1.00 bits per heavy atom. The van der Waals surface area contributed by atoms with Gasteiger partial charge in [0.1, 0.15) is 11.6 Å². The Hall–Kier alpha value is -2.62. The average Bonchev–Trinajstić information content (AvgIpc) is 2.96. The summed E-state index contributed by atoms with van der Waals surface area (Å²) in [4.78, 5) is 11.8. The van der Waals surface area contributed by atoms with E-state index in [0.29, 0.717) is 0 Å². The molecule has 0 amide bonds. The van der Waals surface area contributed by atoms with Crippen LogP contribution in [0.15, 0.2) is 48.7 Å². The van der Waals surface area contributed by atoms with Gasteiger partial charge in [-0.05, 0) is 49.1 Å². The molecule has 0 spiro atoms. The maximum absolute atomic E-state index is 4.71. The number of aryl methyl sites for hydroxylation is 1. The number of nitrogens with one attached hydrogen (secondary N) is 1. The first-order valence-corrected chi connectivity index (χ1v) is 9.60. The number of nitrogens with zero attached hydrogens (tertiary/aromatic N) is 3. The molecule has 1 aliphatic rings. The monoisotopic (exact) mass is 346 g/mol. The Labute approximate surface area is 155 Å². The molecule has 4 heteroatoms. The molecule has 4 rings (SSSR count). The number of fused-ring (bicyclic) bond motifs is 1. The lowest BCUT2D eigenvalue weighted by Crippen LogP contribution is -2.24. The lowest BCUT2D eigenvalue weighted by atomic mass is 10.1. The lowest BCUT2D eigenvalue weighted by Gasteiger charge is -2.21. The number of pyridine rings is 2. The van der Waals surface area contributed by atoms with Crippen LogP contribution in [0.4, 0.5) is 11.6 Å². The molecule has 134 valence electrons. The lowest BCUT2D eigenvalue weighted by molar-refractivity contribution is 0.726. The van der Waals surface area contributed by atoms with Crippen LogP contribution in [0.1, 0.15) is 36.8 Å². The highest BCUT2D eigenvalue weighted by molar-refractivity contribution is 5.83. The SMILES string of the molecule is Cc1cc(NCc2ccc(N3CCCCCC3)nc2)nc2ccccc12. The van der Waals surface area contributed by atoms with Gasteiger partial charge in [-0.3, -0.25) is 0 Å². The molecule has 1 fully saturated rings. The van der Waals surface area contributed by atoms with Crippen LogP contribution in [0.5, 0.6) is 0 Å². The molecule has 0 radical (unpaired) electrons. The summed E-state index contributed by atoms with van der Waals surface area (Å²) in [6.45, 7) is 5.13. The van der Waals surface area contributed by atoms with E-state index in [4.69, 9.17) is 4.98 Å². The zero-order chi connectivity index (χ0) is 17.8. The molecule has 26 heavy (non-hydrogen) atoms. The number of rotatable bonds is 4. The van der Waals surface area contributed by atoms with Gasteiger partial charge in [-0.25, -0.2) is 9.97 Å². The molecule has 1 saturated heterocycles. The molecule has 1 N–H and O–H groups in total. The van der Waals surface area contributed by atoms with Gasteiger partial charge in [-0.15, -0.1) is 0 Å². The van der Waals surface area contributed by atoms with Gasteiger partial charge >= 0.3 is 0 Å². The van der Waals surface area contributed by atoms with E-state index in [9.17, 15) is 0 Å². The van der Waals surface area contributed by atoms with Crippen molar-refractivity contribution < 1.29 is 0 Å². The summed E-state index contributed by atoms with van der Waals surface area (Å²) in [7, 11) is 0. The molecular formula is C22H26N4. The van der Waals surface area contributed by atoms with Gasteiger partial charge in [0.05, 0.1) is 5.52 Å². The maximum atomic E-state index is 4.71. The molecule has 0 aliphatic carbocycles. The average molecular weight is 346 g/mol. The molecular weight excluding hydrogens is 320 g/mol. The van der Waals surface area contributed by atoms with Gasteiger partial charge in [0.2, 0.25) is 0 Å². The van der Waals surface area contributed by atoms with Crippen LogP contribution < -0.4 is 10.2 Å². The second-order valence-corrected chi connectivity index (χ2v) is 7.12. The van der Waals surface area contributed by atoms with E-state index in [1.165, 1.54) is 42.2 Å². The Morgan fingerprint density at radius 3 is 2.58 bits per heavy atom. The van der Waals surface area contributed by atoms with Crippen LogP contribution in [0, 0.1) is 6.92 Å². The Balaban J connectivity index is 1.43. The van der Waals surface area contributed by atoms with Crippen molar-refractivity contribution >= 4 is 22.5 Å². The van der Waals surface area contributed by atoms with Crippen molar-refractivity contribution in [3.8, 4) is 0 Å². The molecule has 2 aromatic heterocycles. The van der Waals surface area contributed by atoms with E-state index >= 15 is 0 Å². The van der Waals surface area contributed by atoms with Gasteiger partial charge in [-0.2, -0.15) is 0 Å². The minimum Gasteiger partial charge on any atom is -0.366 e. The molecule has 1 aliphatic heterocycles. The third-order valence-corrected chi connectivity index (χ3v) is 5.14. The highest BCUT2D eigenvalue weighted by Gasteiger charge is 2.10. The number of para-hydroxylation sites is 1. The van der Waals surface area contributed by atoms with Crippen molar-refractivity contribution in [3.63, 3.8) is 0 Å². The van der Waals surface area contributed by atoms with E-state index in [1.807, 2.05) is 12.3 Å². The Bertz CT molecular complexity index is 865. The van der Waals surface area contributed by atoms with Crippen LogP contribution in [-0.4, -0.2) is 23.1 Å². The molecule has 0 unspecified atom stereocenters. The van der Waals surface area contributed by atoms with E-state index in [2.05, 4.69) is 58.5 Å².